The first kappa shape index (κ1) is 43.9. The molecule has 2 heterocycles. The Kier molecular flexibility index (Phi) is 83.2. The predicted octanol–water partition coefficient (Wildman–Crippen LogP) is 3.48. The van der Waals surface area contributed by atoms with E-state index in [-0.39, 0.29) is 38.5 Å². The van der Waals surface area contributed by atoms with E-state index in [0.717, 1.165) is 26.4 Å². The third-order valence-corrected chi connectivity index (χ3v) is 2.77. The van der Waals surface area contributed by atoms with Crippen LogP contribution in [0, 0.1) is 90.8 Å². The molecule has 4 rings (SSSR count). The van der Waals surface area contributed by atoms with Gasteiger partial charge in [-0.1, -0.05) is 0 Å². The first-order valence-corrected chi connectivity index (χ1v) is 8.30. The topological polar surface area (TPSA) is 98.1 Å². The van der Waals surface area contributed by atoms with Crippen molar-refractivity contribution in [3.63, 3.8) is 0 Å². The summed E-state index contributed by atoms with van der Waals surface area (Å²) in [5.74, 6) is 0. The van der Waals surface area contributed by atoms with Crippen molar-refractivity contribution in [2.24, 2.45) is 0 Å². The fraction of sp³-hybridized carbons (Fsp3) is 0.364. The molecule has 0 aromatic rings. The van der Waals surface area contributed by atoms with Crippen LogP contribution in [0.1, 0.15) is 25.7 Å². The minimum Gasteiger partial charge on any atom is -0.0312 e. The van der Waals surface area contributed by atoms with E-state index in [9.17, 15) is 0 Å². The molecule has 0 amide bonds. The summed E-state index contributed by atoms with van der Waals surface area (Å²) in [6, 6.07) is 0. The van der Waals surface area contributed by atoms with Crippen LogP contribution in [-0.2, 0) is 66.6 Å². The van der Waals surface area contributed by atoms with E-state index in [2.05, 4.69) is 26.6 Å². The van der Waals surface area contributed by atoms with Crippen molar-refractivity contribution in [2.45, 2.75) is 25.7 Å². The number of hydrogen-bond acceptors (Lipinski definition) is 2. The summed E-state index contributed by atoms with van der Waals surface area (Å²) >= 11 is 0. The van der Waals surface area contributed by atoms with Crippen molar-refractivity contribution < 1.29 is 66.6 Å². The minimum absolute atomic E-state index is 0. The molecule has 4 aliphatic rings. The molecule has 30 heavy (non-hydrogen) atoms. The van der Waals surface area contributed by atoms with E-state index in [1.54, 1.807) is 0 Å². The van der Waals surface area contributed by atoms with Gasteiger partial charge in [-0.25, -0.2) is 0 Å². The van der Waals surface area contributed by atoms with Gasteiger partial charge in [-0.15, -0.1) is 0 Å². The van der Waals surface area contributed by atoms with Gasteiger partial charge in [0.25, 0.3) is 0 Å². The Morgan fingerprint density at radius 3 is 0.600 bits per heavy atom. The van der Waals surface area contributed by atoms with Crippen LogP contribution in [0.4, 0.5) is 0 Å². The van der Waals surface area contributed by atoms with E-state index in [0.29, 0.717) is 0 Å². The Labute approximate surface area is 208 Å². The summed E-state index contributed by atoms with van der Waals surface area (Å²) in [5, 5.41) is 0. The molecule has 4 fully saturated rings. The third kappa shape index (κ3) is 51.1. The molecule has 0 atom stereocenters. The Balaban J connectivity index is -0.0000000566. The monoisotopic (exact) mass is 493 g/mol. The van der Waals surface area contributed by atoms with Gasteiger partial charge < -0.3 is 9.47 Å². The maximum Gasteiger partial charge on any atom is 2.00 e. The molecule has 0 unspecified atom stereocenters. The van der Waals surface area contributed by atoms with Gasteiger partial charge in [-0.2, -0.15) is 0 Å². The average Bonchev–Trinajstić information content (AvgIpc) is 3.66. The van der Waals surface area contributed by atoms with Crippen LogP contribution in [0.25, 0.3) is 0 Å². The zero-order valence-corrected chi connectivity index (χ0v) is 19.3. The standard InChI is InChI=1S/2C5H5.2C4H8O.4CO.Co.Ti/c4*1-2-4-5-3-1;4*1-2;;/h2*1-5H;2*1-4H2;;;;;;/q;;;;;;;;;+2. The second kappa shape index (κ2) is 56.9. The number of ether oxygens (including phenoxy) is 2. The summed E-state index contributed by atoms with van der Waals surface area (Å²) in [5.41, 5.74) is 0. The number of hydrogen-bond donors (Lipinski definition) is 0. The Hall–Kier alpha value is 0.101. The smallest absolute Gasteiger partial charge is 0.0312 e. The third-order valence-electron chi connectivity index (χ3n) is 2.77. The second-order valence-corrected chi connectivity index (χ2v) is 4.56. The van der Waals surface area contributed by atoms with Crippen molar-refractivity contribution in [2.75, 3.05) is 26.4 Å². The van der Waals surface area contributed by atoms with Crippen molar-refractivity contribution >= 4 is 0 Å². The molecule has 0 bridgehead atoms. The molecule has 11 radical (unpaired) electrons. The quantitative estimate of drug-likeness (QED) is 0.293. The Morgan fingerprint density at radius 1 is 0.400 bits per heavy atom. The molecule has 2 saturated carbocycles. The van der Waals surface area contributed by atoms with Gasteiger partial charge in [0.2, 0.25) is 0 Å². The maximum absolute atomic E-state index is 7.50. The summed E-state index contributed by atoms with van der Waals surface area (Å²) in [6.45, 7) is 22.0. The normalized spacial score (nSPS) is 16.3. The van der Waals surface area contributed by atoms with Gasteiger partial charge in [0.15, 0.2) is 0 Å². The molecular weight excluding hydrogens is 467 g/mol. The van der Waals surface area contributed by atoms with Crippen LogP contribution in [0.3, 0.4) is 0 Å². The van der Waals surface area contributed by atoms with Crippen molar-refractivity contribution in [1.29, 1.82) is 0 Å². The van der Waals surface area contributed by atoms with Crippen molar-refractivity contribution in [3.8, 4) is 0 Å². The fourth-order valence-electron chi connectivity index (χ4n) is 1.66. The van der Waals surface area contributed by atoms with Crippen LogP contribution in [0.2, 0.25) is 0 Å². The minimum atomic E-state index is 0. The van der Waals surface area contributed by atoms with Gasteiger partial charge in [0, 0.05) is 43.2 Å². The summed E-state index contributed by atoms with van der Waals surface area (Å²) in [6.07, 6.45) is 25.1. The molecule has 161 valence electrons. The summed E-state index contributed by atoms with van der Waals surface area (Å²) < 4.78 is 39.9. The van der Waals surface area contributed by atoms with E-state index in [4.69, 9.17) is 28.1 Å². The summed E-state index contributed by atoms with van der Waals surface area (Å²) in [4.78, 5) is 0. The van der Waals surface area contributed by atoms with E-state index >= 15 is 0 Å². The zero-order chi connectivity index (χ0) is 22.1. The molecule has 0 spiro atoms. The van der Waals surface area contributed by atoms with Crippen molar-refractivity contribution in [3.05, 3.63) is 90.8 Å². The van der Waals surface area contributed by atoms with Gasteiger partial charge in [-0.3, -0.25) is 0 Å². The van der Waals surface area contributed by atoms with Crippen LogP contribution in [-0.4, -0.2) is 26.4 Å². The predicted molar refractivity (Wildman–Crippen MR) is 98.8 cm³/mol. The molecule has 0 aromatic carbocycles. The van der Waals surface area contributed by atoms with Crippen LogP contribution in [0.5, 0.6) is 0 Å². The first-order valence-electron chi connectivity index (χ1n) is 8.30. The number of rotatable bonds is 0. The molecule has 2 aliphatic carbocycles. The second-order valence-electron chi connectivity index (χ2n) is 4.56. The Morgan fingerprint density at radius 2 is 0.533 bits per heavy atom. The van der Waals surface area contributed by atoms with Gasteiger partial charge >= 0.3 is 66.9 Å². The molecule has 6 nitrogen and oxygen atoms in total. The summed E-state index contributed by atoms with van der Waals surface area (Å²) in [7, 11) is 0. The molecule has 2 aliphatic heterocycles. The van der Waals surface area contributed by atoms with Crippen LogP contribution >= 0.6 is 0 Å². The van der Waals surface area contributed by atoms with Gasteiger partial charge in [-0.05, 0) is 89.9 Å². The SMILES string of the molecule is C1CCOC1.C1CCOC1.[C-]#[O+].[C-]#[O+].[C-]#[O+].[C-]#[O+].[CH]1[CH][CH][CH][CH]1.[CH]1[CH][CH][CH][CH]1.[Co].[Ti+2]. The average molecular weight is 493 g/mol. The van der Waals surface area contributed by atoms with Gasteiger partial charge in [0.05, 0.1) is 0 Å². The molecule has 8 heteroatoms. The van der Waals surface area contributed by atoms with E-state index in [1.807, 2.05) is 64.2 Å². The maximum atomic E-state index is 7.50. The van der Waals surface area contributed by atoms with Crippen molar-refractivity contribution in [1.82, 2.24) is 0 Å². The van der Waals surface area contributed by atoms with E-state index < -0.39 is 0 Å². The first-order chi connectivity index (χ1) is 14.0. The molecule has 2 saturated heterocycles. The molecule has 0 N–H and O–H groups in total. The largest absolute Gasteiger partial charge is 2.00 e. The van der Waals surface area contributed by atoms with Crippen LogP contribution in [0.15, 0.2) is 0 Å². The molecular formula is C22H26CoO6Ti+2. The van der Waals surface area contributed by atoms with Gasteiger partial charge in [0.1, 0.15) is 0 Å². The zero-order valence-electron chi connectivity index (χ0n) is 16.7. The molecule has 0 aromatic heterocycles. The van der Waals surface area contributed by atoms with Crippen LogP contribution < -0.4 is 0 Å². The fourth-order valence-corrected chi connectivity index (χ4v) is 1.66. The Bertz CT molecular complexity index is 224. The van der Waals surface area contributed by atoms with E-state index in [1.165, 1.54) is 25.7 Å².